The number of anilines is 1. The number of nitrogens with one attached hydrogen (secondary N) is 2. The van der Waals surface area contributed by atoms with Crippen molar-refractivity contribution in [1.82, 2.24) is 10.2 Å². The Morgan fingerprint density at radius 3 is 2.93 bits per heavy atom. The number of nitrogens with zero attached hydrogens (tertiary/aromatic N) is 1. The van der Waals surface area contributed by atoms with Crippen LogP contribution in [0, 0.1) is 0 Å². The Labute approximate surface area is 158 Å². The second kappa shape index (κ2) is 9.23. The molecule has 1 atom stereocenters. The average Bonchev–Trinajstić information content (AvgIpc) is 3.27. The molecule has 1 saturated heterocycles. The van der Waals surface area contributed by atoms with Gasteiger partial charge in [0.1, 0.15) is 12.4 Å². The lowest BCUT2D eigenvalue weighted by molar-refractivity contribution is -0.127. The number of hydrogen-bond acceptors (Lipinski definition) is 4. The summed E-state index contributed by atoms with van der Waals surface area (Å²) < 4.78 is 10.8. The zero-order valence-corrected chi connectivity index (χ0v) is 15.4. The quantitative estimate of drug-likeness (QED) is 0.747. The predicted molar refractivity (Wildman–Crippen MR) is 101 cm³/mol. The third-order valence-corrected chi connectivity index (χ3v) is 4.32. The van der Waals surface area contributed by atoms with Gasteiger partial charge in [-0.05, 0) is 43.2 Å². The van der Waals surface area contributed by atoms with Gasteiger partial charge < -0.3 is 24.7 Å². The third-order valence-electron chi connectivity index (χ3n) is 4.32. The average molecular weight is 371 g/mol. The minimum absolute atomic E-state index is 0.119. The standard InChI is InChI=1S/C20H25N3O4/c1-15(12-23-9-3-8-19(23)24)21-20(25)22-17-6-2-5-16(11-17)13-26-14-18-7-4-10-27-18/h2,4-7,10-11,15H,3,8-9,12-14H2,1H3,(H2,21,22,25)/t15-/m0/s1. The van der Waals surface area contributed by atoms with E-state index in [0.717, 1.165) is 24.3 Å². The number of carbonyl (C=O) groups excluding carboxylic acids is 2. The highest BCUT2D eigenvalue weighted by molar-refractivity contribution is 5.89. The number of likely N-dealkylation sites (tertiary alicyclic amines) is 1. The number of rotatable bonds is 8. The Morgan fingerprint density at radius 2 is 2.19 bits per heavy atom. The largest absolute Gasteiger partial charge is 0.467 e. The summed E-state index contributed by atoms with van der Waals surface area (Å²) in [7, 11) is 0. The Hall–Kier alpha value is -2.80. The zero-order valence-electron chi connectivity index (χ0n) is 15.4. The van der Waals surface area contributed by atoms with Crippen molar-refractivity contribution in [2.45, 2.75) is 39.0 Å². The molecule has 1 fully saturated rings. The van der Waals surface area contributed by atoms with Gasteiger partial charge in [0.25, 0.3) is 0 Å². The van der Waals surface area contributed by atoms with Crippen molar-refractivity contribution in [2.75, 3.05) is 18.4 Å². The van der Waals surface area contributed by atoms with Crippen LogP contribution in [0.15, 0.2) is 47.1 Å². The highest BCUT2D eigenvalue weighted by atomic mass is 16.5. The van der Waals surface area contributed by atoms with Gasteiger partial charge in [0.05, 0.1) is 12.9 Å². The van der Waals surface area contributed by atoms with Crippen molar-refractivity contribution >= 4 is 17.6 Å². The lowest BCUT2D eigenvalue weighted by Crippen LogP contribution is -2.44. The Morgan fingerprint density at radius 1 is 1.30 bits per heavy atom. The van der Waals surface area contributed by atoms with E-state index in [2.05, 4.69) is 10.6 Å². The van der Waals surface area contributed by atoms with E-state index in [1.165, 1.54) is 0 Å². The molecule has 2 N–H and O–H groups in total. The van der Waals surface area contributed by atoms with E-state index in [4.69, 9.17) is 9.15 Å². The first-order chi connectivity index (χ1) is 13.1. The topological polar surface area (TPSA) is 83.8 Å². The van der Waals surface area contributed by atoms with Crippen molar-refractivity contribution < 1.29 is 18.7 Å². The minimum Gasteiger partial charge on any atom is -0.467 e. The summed E-state index contributed by atoms with van der Waals surface area (Å²) >= 11 is 0. The normalized spacial score (nSPS) is 15.0. The van der Waals surface area contributed by atoms with Crippen molar-refractivity contribution in [3.63, 3.8) is 0 Å². The molecular weight excluding hydrogens is 346 g/mol. The second-order valence-corrected chi connectivity index (χ2v) is 6.72. The summed E-state index contributed by atoms with van der Waals surface area (Å²) in [6, 6.07) is 10.8. The molecule has 3 rings (SSSR count). The van der Waals surface area contributed by atoms with Crippen LogP contribution in [-0.2, 0) is 22.7 Å². The van der Waals surface area contributed by atoms with Crippen LogP contribution >= 0.6 is 0 Å². The molecule has 27 heavy (non-hydrogen) atoms. The maximum absolute atomic E-state index is 12.2. The van der Waals surface area contributed by atoms with Gasteiger partial charge in [-0.25, -0.2) is 4.79 Å². The van der Waals surface area contributed by atoms with E-state index >= 15 is 0 Å². The summed E-state index contributed by atoms with van der Waals surface area (Å²) in [5, 5.41) is 5.70. The number of ether oxygens (including phenoxy) is 1. The molecule has 0 spiro atoms. The molecular formula is C20H25N3O4. The van der Waals surface area contributed by atoms with Crippen LogP contribution in [0.4, 0.5) is 10.5 Å². The van der Waals surface area contributed by atoms with Gasteiger partial charge in [-0.1, -0.05) is 12.1 Å². The van der Waals surface area contributed by atoms with Crippen LogP contribution in [0.1, 0.15) is 31.1 Å². The van der Waals surface area contributed by atoms with Crippen LogP contribution in [0.3, 0.4) is 0 Å². The van der Waals surface area contributed by atoms with Gasteiger partial charge in [0.15, 0.2) is 0 Å². The van der Waals surface area contributed by atoms with Crippen molar-refractivity contribution in [3.8, 4) is 0 Å². The number of urea groups is 1. The van der Waals surface area contributed by atoms with E-state index in [1.807, 2.05) is 43.3 Å². The van der Waals surface area contributed by atoms with Gasteiger partial charge >= 0.3 is 6.03 Å². The Balaban J connectivity index is 1.43. The van der Waals surface area contributed by atoms with Gasteiger partial charge in [-0.15, -0.1) is 0 Å². The number of furan rings is 1. The van der Waals surface area contributed by atoms with Crippen molar-refractivity contribution in [1.29, 1.82) is 0 Å². The lowest BCUT2D eigenvalue weighted by atomic mass is 10.2. The smallest absolute Gasteiger partial charge is 0.319 e. The van der Waals surface area contributed by atoms with Gasteiger partial charge in [-0.3, -0.25) is 4.79 Å². The van der Waals surface area contributed by atoms with Crippen LogP contribution in [0.25, 0.3) is 0 Å². The molecule has 0 saturated carbocycles. The van der Waals surface area contributed by atoms with Crippen molar-refractivity contribution in [3.05, 3.63) is 54.0 Å². The van der Waals surface area contributed by atoms with Gasteiger partial charge in [-0.2, -0.15) is 0 Å². The van der Waals surface area contributed by atoms with Crippen molar-refractivity contribution in [2.24, 2.45) is 0 Å². The van der Waals surface area contributed by atoms with Crippen LogP contribution in [-0.4, -0.2) is 36.0 Å². The van der Waals surface area contributed by atoms with E-state index in [1.54, 1.807) is 11.2 Å². The first kappa shape index (κ1) is 19.0. The molecule has 0 bridgehead atoms. The summed E-state index contributed by atoms with van der Waals surface area (Å²) in [4.78, 5) is 25.6. The summed E-state index contributed by atoms with van der Waals surface area (Å²) in [6.07, 6.45) is 3.11. The molecule has 2 aromatic rings. The fourth-order valence-corrected chi connectivity index (χ4v) is 3.07. The fourth-order valence-electron chi connectivity index (χ4n) is 3.07. The van der Waals surface area contributed by atoms with Crippen LogP contribution in [0.5, 0.6) is 0 Å². The minimum atomic E-state index is -0.289. The SMILES string of the molecule is C[C@@H](CN1CCCC1=O)NC(=O)Nc1cccc(COCc2ccco2)c1. The highest BCUT2D eigenvalue weighted by Gasteiger charge is 2.22. The lowest BCUT2D eigenvalue weighted by Gasteiger charge is -2.21. The molecule has 0 radical (unpaired) electrons. The fraction of sp³-hybridized carbons (Fsp3) is 0.400. The third kappa shape index (κ3) is 5.86. The number of amides is 3. The molecule has 1 aromatic heterocycles. The Kier molecular flexibility index (Phi) is 6.49. The molecule has 1 aliphatic rings. The molecule has 7 nitrogen and oxygen atoms in total. The maximum Gasteiger partial charge on any atom is 0.319 e. The predicted octanol–water partition coefficient (Wildman–Crippen LogP) is 3.13. The van der Waals surface area contributed by atoms with E-state index in [9.17, 15) is 9.59 Å². The Bertz CT molecular complexity index is 760. The zero-order chi connectivity index (χ0) is 19.1. The summed E-state index contributed by atoms with van der Waals surface area (Å²) in [5.74, 6) is 0.931. The molecule has 1 aliphatic heterocycles. The van der Waals surface area contributed by atoms with Gasteiger partial charge in [0.2, 0.25) is 5.91 Å². The number of benzene rings is 1. The summed E-state index contributed by atoms with van der Waals surface area (Å²) in [6.45, 7) is 4.02. The van der Waals surface area contributed by atoms with Crippen LogP contribution in [0.2, 0.25) is 0 Å². The molecule has 3 amide bonds. The van der Waals surface area contributed by atoms with E-state index in [0.29, 0.717) is 31.9 Å². The number of hydrogen-bond donors (Lipinski definition) is 2. The molecule has 7 heteroatoms. The first-order valence-corrected chi connectivity index (χ1v) is 9.14. The van der Waals surface area contributed by atoms with E-state index < -0.39 is 0 Å². The highest BCUT2D eigenvalue weighted by Crippen LogP contribution is 2.13. The molecule has 1 aromatic carbocycles. The molecule has 0 aliphatic carbocycles. The summed E-state index contributed by atoms with van der Waals surface area (Å²) in [5.41, 5.74) is 1.64. The molecule has 144 valence electrons. The molecule has 0 unspecified atom stereocenters. The van der Waals surface area contributed by atoms with E-state index in [-0.39, 0.29) is 18.0 Å². The second-order valence-electron chi connectivity index (χ2n) is 6.72. The first-order valence-electron chi connectivity index (χ1n) is 9.14. The van der Waals surface area contributed by atoms with Gasteiger partial charge in [0, 0.05) is 31.2 Å². The maximum atomic E-state index is 12.2. The number of carbonyl (C=O) groups is 2. The monoisotopic (exact) mass is 371 g/mol. The molecule has 2 heterocycles. The van der Waals surface area contributed by atoms with Crippen LogP contribution < -0.4 is 10.6 Å².